The van der Waals surface area contributed by atoms with Crippen LogP contribution in [-0.2, 0) is 0 Å². The summed E-state index contributed by atoms with van der Waals surface area (Å²) < 4.78 is 7.06. The maximum atomic E-state index is 5.28. The SMILES string of the molecule is COc1cccc2nc(C3CCCCS3)nn12. The van der Waals surface area contributed by atoms with Crippen LogP contribution in [0.15, 0.2) is 18.2 Å². The van der Waals surface area contributed by atoms with E-state index in [9.17, 15) is 0 Å². The highest BCUT2D eigenvalue weighted by Gasteiger charge is 2.21. The van der Waals surface area contributed by atoms with E-state index in [1.54, 1.807) is 11.6 Å². The number of aromatic nitrogens is 3. The van der Waals surface area contributed by atoms with Crippen molar-refractivity contribution in [2.75, 3.05) is 12.9 Å². The van der Waals surface area contributed by atoms with Gasteiger partial charge in [-0.3, -0.25) is 0 Å². The highest BCUT2D eigenvalue weighted by molar-refractivity contribution is 7.99. The lowest BCUT2D eigenvalue weighted by Crippen LogP contribution is -2.04. The maximum absolute atomic E-state index is 5.28. The van der Waals surface area contributed by atoms with Crippen LogP contribution in [0.4, 0.5) is 0 Å². The number of ether oxygens (including phenoxy) is 1. The number of fused-ring (bicyclic) bond motifs is 1. The average molecular weight is 249 g/mol. The zero-order chi connectivity index (χ0) is 11.7. The minimum atomic E-state index is 0.452. The molecule has 1 aliphatic rings. The van der Waals surface area contributed by atoms with E-state index in [-0.39, 0.29) is 0 Å². The van der Waals surface area contributed by atoms with E-state index in [0.29, 0.717) is 5.25 Å². The van der Waals surface area contributed by atoms with Gasteiger partial charge >= 0.3 is 0 Å². The fraction of sp³-hybridized carbons (Fsp3) is 0.500. The van der Waals surface area contributed by atoms with Crippen LogP contribution in [-0.4, -0.2) is 27.5 Å². The molecule has 90 valence electrons. The Morgan fingerprint density at radius 1 is 1.41 bits per heavy atom. The van der Waals surface area contributed by atoms with E-state index in [2.05, 4.69) is 10.1 Å². The number of methoxy groups -OCH3 is 1. The van der Waals surface area contributed by atoms with Gasteiger partial charge in [-0.1, -0.05) is 12.5 Å². The Bertz CT molecular complexity index is 519. The molecule has 3 rings (SSSR count). The van der Waals surface area contributed by atoms with Crippen LogP contribution in [0.3, 0.4) is 0 Å². The third kappa shape index (κ3) is 1.99. The molecule has 1 fully saturated rings. The fourth-order valence-electron chi connectivity index (χ4n) is 2.13. The third-order valence-electron chi connectivity index (χ3n) is 3.02. The monoisotopic (exact) mass is 249 g/mol. The number of hydrogen-bond acceptors (Lipinski definition) is 4. The van der Waals surface area contributed by atoms with E-state index >= 15 is 0 Å². The zero-order valence-corrected chi connectivity index (χ0v) is 10.6. The second-order valence-electron chi connectivity index (χ2n) is 4.16. The van der Waals surface area contributed by atoms with Gasteiger partial charge in [0, 0.05) is 6.07 Å². The standard InChI is InChI=1S/C12H15N3OS/c1-16-11-7-4-6-10-13-12(14-15(10)11)9-5-2-3-8-17-9/h4,6-7,9H,2-3,5,8H2,1H3. The topological polar surface area (TPSA) is 39.4 Å². The Morgan fingerprint density at radius 2 is 2.35 bits per heavy atom. The third-order valence-corrected chi connectivity index (χ3v) is 4.39. The Hall–Kier alpha value is -1.23. The molecule has 3 heterocycles. The summed E-state index contributed by atoms with van der Waals surface area (Å²) in [7, 11) is 1.66. The first-order valence-corrected chi connectivity index (χ1v) is 6.94. The summed E-state index contributed by atoms with van der Waals surface area (Å²) in [5, 5.41) is 5.02. The second kappa shape index (κ2) is 4.56. The van der Waals surface area contributed by atoms with Gasteiger partial charge in [0.05, 0.1) is 12.4 Å². The van der Waals surface area contributed by atoms with Crippen molar-refractivity contribution in [3.8, 4) is 5.88 Å². The molecule has 0 amide bonds. The van der Waals surface area contributed by atoms with Crippen LogP contribution in [0.25, 0.3) is 5.65 Å². The summed E-state index contributed by atoms with van der Waals surface area (Å²) >= 11 is 1.97. The smallest absolute Gasteiger partial charge is 0.216 e. The van der Waals surface area contributed by atoms with E-state index < -0.39 is 0 Å². The Kier molecular flexibility index (Phi) is 2.93. The normalized spacial score (nSPS) is 20.6. The van der Waals surface area contributed by atoms with E-state index in [1.165, 1.54) is 25.0 Å². The molecule has 0 radical (unpaired) electrons. The molecule has 0 spiro atoms. The maximum Gasteiger partial charge on any atom is 0.216 e. The van der Waals surface area contributed by atoms with Gasteiger partial charge in [-0.05, 0) is 24.7 Å². The summed E-state index contributed by atoms with van der Waals surface area (Å²) in [5.74, 6) is 2.90. The second-order valence-corrected chi connectivity index (χ2v) is 5.47. The summed E-state index contributed by atoms with van der Waals surface area (Å²) in [6.07, 6.45) is 3.78. The lowest BCUT2D eigenvalue weighted by atomic mass is 10.2. The summed E-state index contributed by atoms with van der Waals surface area (Å²) in [4.78, 5) is 4.60. The Morgan fingerprint density at radius 3 is 3.12 bits per heavy atom. The van der Waals surface area contributed by atoms with Crippen LogP contribution in [0.1, 0.15) is 30.3 Å². The van der Waals surface area contributed by atoms with Gasteiger partial charge in [-0.15, -0.1) is 5.10 Å². The van der Waals surface area contributed by atoms with Crippen LogP contribution in [0.5, 0.6) is 5.88 Å². The first-order chi connectivity index (χ1) is 8.38. The first-order valence-electron chi connectivity index (χ1n) is 5.90. The molecule has 2 aromatic heterocycles. The van der Waals surface area contributed by atoms with Crippen molar-refractivity contribution in [3.05, 3.63) is 24.0 Å². The molecule has 1 unspecified atom stereocenters. The van der Waals surface area contributed by atoms with Crippen molar-refractivity contribution in [1.29, 1.82) is 0 Å². The molecule has 1 atom stereocenters. The highest BCUT2D eigenvalue weighted by atomic mass is 32.2. The van der Waals surface area contributed by atoms with Crippen molar-refractivity contribution >= 4 is 17.4 Å². The number of pyridine rings is 1. The summed E-state index contributed by atoms with van der Waals surface area (Å²) in [6.45, 7) is 0. The van der Waals surface area contributed by atoms with Crippen molar-refractivity contribution in [2.45, 2.75) is 24.5 Å². The molecule has 5 heteroatoms. The quantitative estimate of drug-likeness (QED) is 0.820. The molecule has 2 aromatic rings. The molecule has 1 aliphatic heterocycles. The number of nitrogens with zero attached hydrogens (tertiary/aromatic N) is 3. The predicted molar refractivity (Wildman–Crippen MR) is 68.6 cm³/mol. The largest absolute Gasteiger partial charge is 0.481 e. The minimum Gasteiger partial charge on any atom is -0.481 e. The van der Waals surface area contributed by atoms with Gasteiger partial charge in [0.2, 0.25) is 5.88 Å². The van der Waals surface area contributed by atoms with Crippen LogP contribution >= 0.6 is 11.8 Å². The Balaban J connectivity index is 2.00. The molecule has 1 saturated heterocycles. The fourth-order valence-corrected chi connectivity index (χ4v) is 3.37. The van der Waals surface area contributed by atoms with E-state index in [4.69, 9.17) is 4.74 Å². The summed E-state index contributed by atoms with van der Waals surface area (Å²) in [5.41, 5.74) is 0.866. The van der Waals surface area contributed by atoms with Crippen molar-refractivity contribution in [3.63, 3.8) is 0 Å². The first kappa shape index (κ1) is 10.9. The number of thioether (sulfide) groups is 1. The molecular weight excluding hydrogens is 234 g/mol. The van der Waals surface area contributed by atoms with E-state index in [0.717, 1.165) is 17.4 Å². The molecule has 0 bridgehead atoms. The lowest BCUT2D eigenvalue weighted by Gasteiger charge is -2.17. The molecule has 0 saturated carbocycles. The van der Waals surface area contributed by atoms with Gasteiger partial charge in [0.15, 0.2) is 11.5 Å². The lowest BCUT2D eigenvalue weighted by molar-refractivity contribution is 0.385. The van der Waals surface area contributed by atoms with E-state index in [1.807, 2.05) is 30.0 Å². The Labute approximate surface area is 104 Å². The number of rotatable bonds is 2. The van der Waals surface area contributed by atoms with Gasteiger partial charge in [-0.25, -0.2) is 4.98 Å². The highest BCUT2D eigenvalue weighted by Crippen LogP contribution is 2.36. The predicted octanol–water partition coefficient (Wildman–Crippen LogP) is 2.70. The molecular formula is C12H15N3OS. The van der Waals surface area contributed by atoms with Gasteiger partial charge < -0.3 is 4.74 Å². The van der Waals surface area contributed by atoms with Crippen LogP contribution in [0, 0.1) is 0 Å². The molecule has 0 aromatic carbocycles. The molecule has 17 heavy (non-hydrogen) atoms. The zero-order valence-electron chi connectivity index (χ0n) is 9.80. The van der Waals surface area contributed by atoms with Gasteiger partial charge in [0.25, 0.3) is 0 Å². The molecule has 4 nitrogen and oxygen atoms in total. The van der Waals surface area contributed by atoms with Crippen LogP contribution in [0.2, 0.25) is 0 Å². The molecule has 0 aliphatic carbocycles. The van der Waals surface area contributed by atoms with Gasteiger partial charge in [0.1, 0.15) is 0 Å². The van der Waals surface area contributed by atoms with Crippen LogP contribution < -0.4 is 4.74 Å². The molecule has 0 N–H and O–H groups in total. The average Bonchev–Trinajstić information content (AvgIpc) is 2.83. The van der Waals surface area contributed by atoms with Crippen molar-refractivity contribution in [2.24, 2.45) is 0 Å². The minimum absolute atomic E-state index is 0.452. The van der Waals surface area contributed by atoms with Crippen molar-refractivity contribution < 1.29 is 4.74 Å². The van der Waals surface area contributed by atoms with Crippen molar-refractivity contribution in [1.82, 2.24) is 14.6 Å². The van der Waals surface area contributed by atoms with Gasteiger partial charge in [-0.2, -0.15) is 16.3 Å². The summed E-state index contributed by atoms with van der Waals surface area (Å²) in [6, 6.07) is 5.81. The number of hydrogen-bond donors (Lipinski definition) is 0.